The van der Waals surface area contributed by atoms with Gasteiger partial charge in [-0.15, -0.1) is 0 Å². The quantitative estimate of drug-likeness (QED) is 0.780. The van der Waals surface area contributed by atoms with Gasteiger partial charge in [-0.3, -0.25) is 4.79 Å². The first-order valence-electron chi connectivity index (χ1n) is 7.29. The highest BCUT2D eigenvalue weighted by Crippen LogP contribution is 2.22. The molecular weight excluding hydrogens is 274 g/mol. The van der Waals surface area contributed by atoms with Crippen molar-refractivity contribution in [2.45, 2.75) is 27.7 Å². The summed E-state index contributed by atoms with van der Waals surface area (Å²) in [5.41, 5.74) is 6.43. The number of anilines is 1. The van der Waals surface area contributed by atoms with Crippen LogP contribution in [0, 0.1) is 27.7 Å². The van der Waals surface area contributed by atoms with Crippen LogP contribution in [-0.2, 0) is 0 Å². The third-order valence-corrected chi connectivity index (χ3v) is 3.84. The number of imidazole rings is 1. The van der Waals surface area contributed by atoms with Crippen molar-refractivity contribution in [3.8, 4) is 0 Å². The van der Waals surface area contributed by atoms with Crippen molar-refractivity contribution < 1.29 is 4.79 Å². The van der Waals surface area contributed by atoms with Gasteiger partial charge in [0.15, 0.2) is 0 Å². The summed E-state index contributed by atoms with van der Waals surface area (Å²) in [7, 11) is 0. The van der Waals surface area contributed by atoms with Gasteiger partial charge >= 0.3 is 0 Å². The van der Waals surface area contributed by atoms with Crippen LogP contribution < -0.4 is 5.32 Å². The second-order valence-corrected chi connectivity index (χ2v) is 5.75. The number of fused-ring (bicyclic) bond motifs is 1. The van der Waals surface area contributed by atoms with Gasteiger partial charge in [0.25, 0.3) is 5.91 Å². The van der Waals surface area contributed by atoms with Crippen molar-refractivity contribution in [2.75, 3.05) is 5.32 Å². The topological polar surface area (TPSA) is 46.4 Å². The monoisotopic (exact) mass is 293 g/mol. The molecule has 0 unspecified atom stereocenters. The van der Waals surface area contributed by atoms with Gasteiger partial charge in [0.1, 0.15) is 11.3 Å². The first-order chi connectivity index (χ1) is 10.5. The fourth-order valence-corrected chi connectivity index (χ4v) is 2.81. The number of carbonyl (C=O) groups is 1. The van der Waals surface area contributed by atoms with Gasteiger partial charge in [-0.05, 0) is 51.0 Å². The standard InChI is InChI=1S/C18H19N3O/c1-11-8-12(2)17(13(3)9-11)20-18(22)15-10-21-14(4)6-5-7-16(21)19-15/h5-10H,1-4H3,(H,20,22). The number of nitrogens with one attached hydrogen (secondary N) is 1. The molecule has 0 aliphatic heterocycles. The second kappa shape index (κ2) is 5.30. The molecule has 112 valence electrons. The summed E-state index contributed by atoms with van der Waals surface area (Å²) in [6.07, 6.45) is 1.78. The van der Waals surface area contributed by atoms with E-state index in [0.29, 0.717) is 5.69 Å². The summed E-state index contributed by atoms with van der Waals surface area (Å²) in [6, 6.07) is 9.96. The predicted molar refractivity (Wildman–Crippen MR) is 88.5 cm³/mol. The Kier molecular flexibility index (Phi) is 3.45. The van der Waals surface area contributed by atoms with Gasteiger partial charge in [-0.25, -0.2) is 4.98 Å². The highest BCUT2D eigenvalue weighted by Gasteiger charge is 2.14. The van der Waals surface area contributed by atoms with Crippen molar-refractivity contribution in [2.24, 2.45) is 0 Å². The number of aromatic nitrogens is 2. The summed E-state index contributed by atoms with van der Waals surface area (Å²) in [5, 5.41) is 2.99. The minimum Gasteiger partial charge on any atom is -0.320 e. The number of nitrogens with zero attached hydrogens (tertiary/aromatic N) is 2. The second-order valence-electron chi connectivity index (χ2n) is 5.75. The molecule has 0 radical (unpaired) electrons. The van der Waals surface area contributed by atoms with Crippen LogP contribution in [0.15, 0.2) is 36.5 Å². The number of carbonyl (C=O) groups excluding carboxylic acids is 1. The van der Waals surface area contributed by atoms with E-state index in [9.17, 15) is 4.79 Å². The van der Waals surface area contributed by atoms with Crippen LogP contribution in [0.4, 0.5) is 5.69 Å². The fraction of sp³-hybridized carbons (Fsp3) is 0.222. The van der Waals surface area contributed by atoms with Gasteiger partial charge < -0.3 is 9.72 Å². The highest BCUT2D eigenvalue weighted by molar-refractivity contribution is 6.04. The van der Waals surface area contributed by atoms with E-state index in [1.54, 1.807) is 6.20 Å². The van der Waals surface area contributed by atoms with Crippen LogP contribution in [0.25, 0.3) is 5.65 Å². The van der Waals surface area contributed by atoms with Gasteiger partial charge in [0.2, 0.25) is 0 Å². The molecule has 22 heavy (non-hydrogen) atoms. The average molecular weight is 293 g/mol. The fourth-order valence-electron chi connectivity index (χ4n) is 2.81. The molecule has 0 saturated heterocycles. The molecular formula is C18H19N3O. The lowest BCUT2D eigenvalue weighted by Gasteiger charge is -2.11. The number of hydrogen-bond donors (Lipinski definition) is 1. The lowest BCUT2D eigenvalue weighted by atomic mass is 10.1. The molecule has 1 N–H and O–H groups in total. The van der Waals surface area contributed by atoms with E-state index in [4.69, 9.17) is 0 Å². The Morgan fingerprint density at radius 2 is 1.77 bits per heavy atom. The Bertz CT molecular complexity index is 854. The van der Waals surface area contributed by atoms with Gasteiger partial charge in [-0.2, -0.15) is 0 Å². The summed E-state index contributed by atoms with van der Waals surface area (Å²) < 4.78 is 1.92. The molecule has 4 heteroatoms. The molecule has 0 fully saturated rings. The van der Waals surface area contributed by atoms with Crippen LogP contribution in [-0.4, -0.2) is 15.3 Å². The molecule has 4 nitrogen and oxygen atoms in total. The molecule has 3 rings (SSSR count). The first kappa shape index (κ1) is 14.3. The minimum absolute atomic E-state index is 0.182. The van der Waals surface area contributed by atoms with E-state index in [0.717, 1.165) is 28.2 Å². The van der Waals surface area contributed by atoms with E-state index in [1.165, 1.54) is 5.56 Å². The molecule has 0 spiro atoms. The van der Waals surface area contributed by atoms with Crippen molar-refractivity contribution in [3.63, 3.8) is 0 Å². The number of benzene rings is 1. The third kappa shape index (κ3) is 2.48. The summed E-state index contributed by atoms with van der Waals surface area (Å²) in [5.74, 6) is -0.182. The van der Waals surface area contributed by atoms with Crippen LogP contribution in [0.3, 0.4) is 0 Å². The molecule has 1 aromatic carbocycles. The molecule has 2 aromatic heterocycles. The smallest absolute Gasteiger partial charge is 0.275 e. The van der Waals surface area contributed by atoms with Crippen LogP contribution in [0.5, 0.6) is 0 Å². The number of pyridine rings is 1. The molecule has 0 aliphatic rings. The maximum absolute atomic E-state index is 12.5. The molecule has 0 atom stereocenters. The van der Waals surface area contributed by atoms with Gasteiger partial charge in [-0.1, -0.05) is 23.8 Å². The lowest BCUT2D eigenvalue weighted by molar-refractivity contribution is 0.102. The summed E-state index contributed by atoms with van der Waals surface area (Å²) in [4.78, 5) is 16.9. The summed E-state index contributed by atoms with van der Waals surface area (Å²) >= 11 is 0. The van der Waals surface area contributed by atoms with Crippen LogP contribution >= 0.6 is 0 Å². The molecule has 0 saturated carbocycles. The first-order valence-corrected chi connectivity index (χ1v) is 7.29. The van der Waals surface area contributed by atoms with Crippen LogP contribution in [0.2, 0.25) is 0 Å². The Hall–Kier alpha value is -2.62. The van der Waals surface area contributed by atoms with E-state index >= 15 is 0 Å². The maximum atomic E-state index is 12.5. The molecule has 0 aliphatic carbocycles. The number of amides is 1. The van der Waals surface area contributed by atoms with E-state index in [2.05, 4.69) is 29.4 Å². The minimum atomic E-state index is -0.182. The highest BCUT2D eigenvalue weighted by atomic mass is 16.1. The van der Waals surface area contributed by atoms with Gasteiger partial charge in [0.05, 0.1) is 0 Å². The predicted octanol–water partition coefficient (Wildman–Crippen LogP) is 3.82. The van der Waals surface area contributed by atoms with Crippen LogP contribution in [0.1, 0.15) is 32.9 Å². The largest absolute Gasteiger partial charge is 0.320 e. The molecule has 3 aromatic rings. The van der Waals surface area contributed by atoms with E-state index in [-0.39, 0.29) is 5.91 Å². The van der Waals surface area contributed by atoms with Crippen molar-refractivity contribution in [1.29, 1.82) is 0 Å². The normalized spacial score (nSPS) is 10.9. The zero-order chi connectivity index (χ0) is 15.9. The Balaban J connectivity index is 1.95. The SMILES string of the molecule is Cc1cc(C)c(NC(=O)c2cn3c(C)cccc3n2)c(C)c1. The Morgan fingerprint density at radius 3 is 2.41 bits per heavy atom. The summed E-state index contributed by atoms with van der Waals surface area (Å²) in [6.45, 7) is 8.05. The van der Waals surface area contributed by atoms with Gasteiger partial charge in [0, 0.05) is 17.6 Å². The van der Waals surface area contributed by atoms with E-state index in [1.807, 2.05) is 43.4 Å². The van der Waals surface area contributed by atoms with E-state index < -0.39 is 0 Å². The number of aryl methyl sites for hydroxylation is 4. The molecule has 0 bridgehead atoms. The number of hydrogen-bond acceptors (Lipinski definition) is 2. The zero-order valence-corrected chi connectivity index (χ0v) is 13.3. The average Bonchev–Trinajstić information content (AvgIpc) is 2.88. The Morgan fingerprint density at radius 1 is 1.09 bits per heavy atom. The Labute approximate surface area is 129 Å². The van der Waals surface area contributed by atoms with Crippen molar-refractivity contribution >= 4 is 17.2 Å². The third-order valence-electron chi connectivity index (χ3n) is 3.84. The zero-order valence-electron chi connectivity index (χ0n) is 13.3. The number of rotatable bonds is 2. The van der Waals surface area contributed by atoms with Crippen molar-refractivity contribution in [1.82, 2.24) is 9.38 Å². The maximum Gasteiger partial charge on any atom is 0.275 e. The molecule has 2 heterocycles. The van der Waals surface area contributed by atoms with Crippen molar-refractivity contribution in [3.05, 3.63) is 64.6 Å². The lowest BCUT2D eigenvalue weighted by Crippen LogP contribution is -2.14. The molecule has 1 amide bonds.